The molecule has 46 heavy (non-hydrogen) atoms. The summed E-state index contributed by atoms with van der Waals surface area (Å²) in [5, 5.41) is 17.7. The van der Waals surface area contributed by atoms with Crippen LogP contribution in [0.25, 0.3) is 16.8 Å². The number of carbonyl (C=O) groups excluding carboxylic acids is 2. The third-order valence-corrected chi connectivity index (χ3v) is 8.05. The van der Waals surface area contributed by atoms with Gasteiger partial charge in [0.1, 0.15) is 0 Å². The smallest absolute Gasteiger partial charge is 0.239 e. The topological polar surface area (TPSA) is 145 Å². The molecular formula is C34H40N6O6. The van der Waals surface area contributed by atoms with Crippen molar-refractivity contribution in [3.8, 4) is 28.4 Å². The molecule has 12 heteroatoms. The molecule has 2 aromatic heterocycles. The van der Waals surface area contributed by atoms with Crippen LogP contribution in [0.15, 0.2) is 53.5 Å². The van der Waals surface area contributed by atoms with Gasteiger partial charge in [0.25, 0.3) is 0 Å². The second-order valence-corrected chi connectivity index (χ2v) is 11.7. The molecule has 5 rings (SSSR count). The highest BCUT2D eigenvalue weighted by molar-refractivity contribution is 5.84. The van der Waals surface area contributed by atoms with Gasteiger partial charge in [0.05, 0.1) is 45.6 Å². The maximum atomic E-state index is 13.6. The van der Waals surface area contributed by atoms with Gasteiger partial charge in [-0.25, -0.2) is 0 Å². The fourth-order valence-corrected chi connectivity index (χ4v) is 6.07. The molecule has 0 aliphatic heterocycles. The van der Waals surface area contributed by atoms with E-state index in [2.05, 4.69) is 40.0 Å². The van der Waals surface area contributed by atoms with Crippen molar-refractivity contribution in [2.75, 3.05) is 33.2 Å². The first-order valence-electron chi connectivity index (χ1n) is 15.3. The molecule has 0 saturated heterocycles. The number of benzene rings is 1. The normalized spacial score (nSPS) is 14.5. The Kier molecular flexibility index (Phi) is 9.74. The molecule has 0 bridgehead atoms. The number of ether oxygens (including phenoxy) is 3. The number of nitrogens with one attached hydrogen (secondary N) is 3. The van der Waals surface area contributed by atoms with Crippen LogP contribution in [0.1, 0.15) is 62.6 Å². The molecule has 2 aromatic carbocycles. The average Bonchev–Trinajstić information content (AvgIpc) is 3.32. The van der Waals surface area contributed by atoms with E-state index in [1.807, 2.05) is 40.9 Å². The Morgan fingerprint density at radius 3 is 2.50 bits per heavy atom. The van der Waals surface area contributed by atoms with Crippen LogP contribution in [0.5, 0.6) is 17.2 Å². The Bertz CT molecular complexity index is 1820. The Hall–Kier alpha value is -5.13. The molecule has 1 aliphatic rings. The van der Waals surface area contributed by atoms with E-state index in [1.165, 1.54) is 20.1 Å². The third-order valence-electron chi connectivity index (χ3n) is 8.05. The number of anilines is 1. The Morgan fingerprint density at radius 2 is 1.80 bits per heavy atom. The fraction of sp³-hybridized carbons (Fsp3) is 0.382. The lowest BCUT2D eigenvalue weighted by Crippen LogP contribution is -2.35. The standard InChI is InChI=1S/C34H40N6O6/c1-19(2)15-26(34-39-38-29-9-7-8-14-40(29)34)37-30(43)18-35-25-13-11-22-23(17-27(25)42)24(36-20(3)41)12-10-21-16-28(44-4)32(45-5)33(46-6)31(21)22/h7-9,11,13-14,16-17,19,24,26H,10,12,15,18H2,1-6H3,(H,35,42)(H,36,41)(H,37,43)/t24-,26-/m0/s1. The molecule has 4 aromatic rings. The minimum Gasteiger partial charge on any atom is -0.493 e. The predicted octanol–water partition coefficient (Wildman–Crippen LogP) is 4.22. The van der Waals surface area contributed by atoms with E-state index in [9.17, 15) is 14.4 Å². The number of aromatic nitrogens is 3. The number of methoxy groups -OCH3 is 3. The molecule has 2 atom stereocenters. The summed E-state index contributed by atoms with van der Waals surface area (Å²) in [5.74, 6) is 1.81. The minimum atomic E-state index is -0.437. The zero-order chi connectivity index (χ0) is 33.0. The zero-order valence-corrected chi connectivity index (χ0v) is 27.0. The summed E-state index contributed by atoms with van der Waals surface area (Å²) < 4.78 is 19.0. The van der Waals surface area contributed by atoms with E-state index in [4.69, 9.17) is 14.2 Å². The minimum absolute atomic E-state index is 0.144. The Balaban J connectivity index is 1.48. The van der Waals surface area contributed by atoms with Gasteiger partial charge in [-0.05, 0) is 72.2 Å². The number of rotatable bonds is 11. The second kappa shape index (κ2) is 13.9. The van der Waals surface area contributed by atoms with Crippen molar-refractivity contribution in [1.82, 2.24) is 25.2 Å². The summed E-state index contributed by atoms with van der Waals surface area (Å²) in [5.41, 5.74) is 3.62. The van der Waals surface area contributed by atoms with E-state index in [0.29, 0.717) is 59.1 Å². The van der Waals surface area contributed by atoms with Gasteiger partial charge in [0.15, 0.2) is 23.0 Å². The molecule has 242 valence electrons. The van der Waals surface area contributed by atoms with Crippen LogP contribution in [0, 0.1) is 5.92 Å². The van der Waals surface area contributed by atoms with Crippen molar-refractivity contribution < 1.29 is 23.8 Å². The number of amides is 2. The van der Waals surface area contributed by atoms with E-state index in [0.717, 1.165) is 11.1 Å². The monoisotopic (exact) mass is 628 g/mol. The maximum Gasteiger partial charge on any atom is 0.239 e. The highest BCUT2D eigenvalue weighted by atomic mass is 16.5. The van der Waals surface area contributed by atoms with Gasteiger partial charge >= 0.3 is 0 Å². The van der Waals surface area contributed by atoms with Gasteiger partial charge in [0.2, 0.25) is 23.0 Å². The molecular weight excluding hydrogens is 588 g/mol. The highest BCUT2D eigenvalue weighted by Gasteiger charge is 2.29. The summed E-state index contributed by atoms with van der Waals surface area (Å²) in [6, 6.07) is 11.7. The first-order chi connectivity index (χ1) is 22.1. The quantitative estimate of drug-likeness (QED) is 0.222. The van der Waals surface area contributed by atoms with Crippen LogP contribution in [0.2, 0.25) is 0 Å². The van der Waals surface area contributed by atoms with E-state index >= 15 is 0 Å². The molecule has 0 unspecified atom stereocenters. The van der Waals surface area contributed by atoms with Crippen molar-refractivity contribution in [2.24, 2.45) is 5.92 Å². The van der Waals surface area contributed by atoms with Crippen molar-refractivity contribution >= 4 is 23.1 Å². The number of hydrogen-bond acceptors (Lipinski definition) is 9. The second-order valence-electron chi connectivity index (χ2n) is 11.7. The van der Waals surface area contributed by atoms with E-state index in [-0.39, 0.29) is 41.4 Å². The van der Waals surface area contributed by atoms with Crippen molar-refractivity contribution in [3.05, 3.63) is 75.8 Å². The molecule has 1 aliphatic carbocycles. The number of carbonyl (C=O) groups is 2. The molecule has 2 amide bonds. The summed E-state index contributed by atoms with van der Waals surface area (Å²) in [4.78, 5) is 39.1. The predicted molar refractivity (Wildman–Crippen MR) is 174 cm³/mol. The number of fused-ring (bicyclic) bond motifs is 4. The largest absolute Gasteiger partial charge is 0.493 e. The van der Waals surface area contributed by atoms with Gasteiger partial charge in [-0.1, -0.05) is 26.0 Å². The average molecular weight is 629 g/mol. The van der Waals surface area contributed by atoms with E-state index < -0.39 is 6.04 Å². The van der Waals surface area contributed by atoms with Crippen LogP contribution >= 0.6 is 0 Å². The maximum absolute atomic E-state index is 13.6. The van der Waals surface area contributed by atoms with Crippen LogP contribution < -0.4 is 35.6 Å². The van der Waals surface area contributed by atoms with Crippen LogP contribution in [-0.4, -0.2) is 54.3 Å². The molecule has 0 saturated carbocycles. The molecule has 12 nitrogen and oxygen atoms in total. The highest BCUT2D eigenvalue weighted by Crippen LogP contribution is 2.50. The first-order valence-corrected chi connectivity index (χ1v) is 15.3. The molecule has 0 spiro atoms. The fourth-order valence-electron chi connectivity index (χ4n) is 6.07. The summed E-state index contributed by atoms with van der Waals surface area (Å²) in [7, 11) is 4.65. The lowest BCUT2D eigenvalue weighted by atomic mass is 9.95. The molecule has 0 fully saturated rings. The van der Waals surface area contributed by atoms with Gasteiger partial charge in [-0.15, -0.1) is 10.2 Å². The number of hydrogen-bond donors (Lipinski definition) is 3. The summed E-state index contributed by atoms with van der Waals surface area (Å²) in [6.45, 7) is 5.46. The van der Waals surface area contributed by atoms with Crippen molar-refractivity contribution in [2.45, 2.75) is 52.1 Å². The molecule has 2 heterocycles. The van der Waals surface area contributed by atoms with Gasteiger partial charge in [0, 0.05) is 18.7 Å². The number of nitrogens with zero attached hydrogens (tertiary/aromatic N) is 3. The third kappa shape index (κ3) is 6.60. The SMILES string of the molecule is COc1cc2c(c(OC)c1OC)-c1ccc(NCC(=O)N[C@@H](CC(C)C)c3nnc4ccccn34)c(=O)cc1[C@@H](NC(C)=O)CC2. The Morgan fingerprint density at radius 1 is 1.02 bits per heavy atom. The summed E-state index contributed by atoms with van der Waals surface area (Å²) in [6.07, 6.45) is 3.66. The van der Waals surface area contributed by atoms with Gasteiger partial charge in [-0.3, -0.25) is 18.8 Å². The number of aryl methyl sites for hydroxylation is 1. The first kappa shape index (κ1) is 32.3. The van der Waals surface area contributed by atoms with Crippen LogP contribution in [-0.2, 0) is 16.0 Å². The van der Waals surface area contributed by atoms with Crippen LogP contribution in [0.3, 0.4) is 0 Å². The summed E-state index contributed by atoms with van der Waals surface area (Å²) >= 11 is 0. The zero-order valence-electron chi connectivity index (χ0n) is 27.0. The molecule has 3 N–H and O–H groups in total. The van der Waals surface area contributed by atoms with Crippen LogP contribution in [0.4, 0.5) is 5.69 Å². The van der Waals surface area contributed by atoms with E-state index in [1.54, 1.807) is 20.3 Å². The lowest BCUT2D eigenvalue weighted by Gasteiger charge is -2.19. The lowest BCUT2D eigenvalue weighted by molar-refractivity contribution is -0.120. The van der Waals surface area contributed by atoms with Gasteiger partial charge < -0.3 is 30.2 Å². The Labute approximate surface area is 267 Å². The number of pyridine rings is 1. The molecule has 0 radical (unpaired) electrons. The van der Waals surface area contributed by atoms with Crippen molar-refractivity contribution in [1.29, 1.82) is 0 Å². The van der Waals surface area contributed by atoms with Crippen molar-refractivity contribution in [3.63, 3.8) is 0 Å². The van der Waals surface area contributed by atoms with Gasteiger partial charge in [-0.2, -0.15) is 0 Å².